The normalized spacial score (nSPS) is 10.0. The van der Waals surface area contributed by atoms with Gasteiger partial charge in [0.25, 0.3) is 0 Å². The predicted molar refractivity (Wildman–Crippen MR) is 70.0 cm³/mol. The van der Waals surface area contributed by atoms with Gasteiger partial charge in [0, 0.05) is 18.8 Å². The maximum absolute atomic E-state index is 10.7. The Morgan fingerprint density at radius 1 is 1.32 bits per heavy atom. The van der Waals surface area contributed by atoms with Crippen LogP contribution in [-0.4, -0.2) is 35.2 Å². The molecule has 19 heavy (non-hydrogen) atoms. The Morgan fingerprint density at radius 2 is 2.11 bits per heavy atom. The van der Waals surface area contributed by atoms with Gasteiger partial charge < -0.3 is 14.7 Å². The zero-order valence-electron chi connectivity index (χ0n) is 10.6. The van der Waals surface area contributed by atoms with Gasteiger partial charge in [-0.05, 0) is 12.1 Å². The summed E-state index contributed by atoms with van der Waals surface area (Å²) >= 11 is 0. The molecule has 98 valence electrons. The second-order valence-corrected chi connectivity index (χ2v) is 3.83. The molecule has 0 unspecified atom stereocenters. The summed E-state index contributed by atoms with van der Waals surface area (Å²) in [4.78, 5) is 20.4. The molecule has 0 bridgehead atoms. The highest BCUT2D eigenvalue weighted by atomic mass is 16.5. The maximum Gasteiger partial charge on any atom is 0.356 e. The fourth-order valence-electron chi connectivity index (χ4n) is 1.56. The number of ether oxygens (including phenoxy) is 1. The van der Waals surface area contributed by atoms with Crippen molar-refractivity contribution < 1.29 is 14.6 Å². The monoisotopic (exact) mass is 259 g/mol. The summed E-state index contributed by atoms with van der Waals surface area (Å²) in [5, 5.41) is 8.77. The van der Waals surface area contributed by atoms with Gasteiger partial charge in [-0.1, -0.05) is 6.07 Å². The minimum atomic E-state index is -1.09. The number of hydrogen-bond acceptors (Lipinski definition) is 5. The molecule has 1 N–H and O–H groups in total. The molecule has 0 spiro atoms. The molecule has 0 aliphatic rings. The minimum Gasteiger partial charge on any atom is -0.497 e. The summed E-state index contributed by atoms with van der Waals surface area (Å²) in [5.74, 6) is 0.195. The molecule has 0 atom stereocenters. The van der Waals surface area contributed by atoms with Gasteiger partial charge in [-0.15, -0.1) is 0 Å². The topological polar surface area (TPSA) is 75.5 Å². The van der Waals surface area contributed by atoms with Crippen molar-refractivity contribution in [2.24, 2.45) is 0 Å². The van der Waals surface area contributed by atoms with Crippen molar-refractivity contribution >= 4 is 17.5 Å². The van der Waals surface area contributed by atoms with Crippen LogP contribution in [0.2, 0.25) is 0 Å². The lowest BCUT2D eigenvalue weighted by Gasteiger charge is -2.18. The van der Waals surface area contributed by atoms with Crippen LogP contribution in [0.5, 0.6) is 5.75 Å². The smallest absolute Gasteiger partial charge is 0.356 e. The van der Waals surface area contributed by atoms with Gasteiger partial charge in [-0.2, -0.15) is 0 Å². The zero-order chi connectivity index (χ0) is 13.8. The lowest BCUT2D eigenvalue weighted by atomic mass is 10.3. The van der Waals surface area contributed by atoms with E-state index < -0.39 is 5.97 Å². The minimum absolute atomic E-state index is 0.0807. The fraction of sp³-hybridized carbons (Fsp3) is 0.154. The molecule has 2 rings (SSSR count). The molecule has 0 saturated carbocycles. The average Bonchev–Trinajstić information content (AvgIpc) is 2.46. The molecule has 0 aliphatic heterocycles. The number of hydrogen-bond donors (Lipinski definition) is 1. The number of rotatable bonds is 4. The van der Waals surface area contributed by atoms with Crippen LogP contribution in [-0.2, 0) is 0 Å². The first-order valence-electron chi connectivity index (χ1n) is 5.55. The van der Waals surface area contributed by atoms with Gasteiger partial charge in [0.1, 0.15) is 5.75 Å². The Balaban J connectivity index is 2.27. The van der Waals surface area contributed by atoms with Gasteiger partial charge in [0.05, 0.1) is 19.5 Å². The summed E-state index contributed by atoms with van der Waals surface area (Å²) in [6, 6.07) is 7.46. The van der Waals surface area contributed by atoms with Crippen molar-refractivity contribution in [1.82, 2.24) is 9.97 Å². The van der Waals surface area contributed by atoms with Crippen LogP contribution >= 0.6 is 0 Å². The summed E-state index contributed by atoms with van der Waals surface area (Å²) in [5.41, 5.74) is 0.791. The number of anilines is 2. The number of carboxylic acid groups (broad SMARTS) is 1. The number of carboxylic acids is 1. The summed E-state index contributed by atoms with van der Waals surface area (Å²) in [6.07, 6.45) is 2.65. The Hall–Kier alpha value is -2.63. The van der Waals surface area contributed by atoms with E-state index in [9.17, 15) is 4.79 Å². The van der Waals surface area contributed by atoms with Crippen LogP contribution in [0.4, 0.5) is 11.5 Å². The Bertz CT molecular complexity index is 584. The number of nitrogens with zero attached hydrogens (tertiary/aromatic N) is 3. The number of aromatic nitrogens is 2. The quantitative estimate of drug-likeness (QED) is 0.904. The van der Waals surface area contributed by atoms with Crippen molar-refractivity contribution in [3.05, 3.63) is 42.4 Å². The van der Waals surface area contributed by atoms with Gasteiger partial charge in [-0.25, -0.2) is 14.8 Å². The van der Waals surface area contributed by atoms with Gasteiger partial charge in [-0.3, -0.25) is 0 Å². The van der Waals surface area contributed by atoms with Crippen molar-refractivity contribution in [3.63, 3.8) is 0 Å². The highest BCUT2D eigenvalue weighted by molar-refractivity contribution is 5.85. The van der Waals surface area contributed by atoms with Gasteiger partial charge in [0.15, 0.2) is 11.5 Å². The van der Waals surface area contributed by atoms with Crippen LogP contribution < -0.4 is 9.64 Å². The third-order valence-corrected chi connectivity index (χ3v) is 2.64. The summed E-state index contributed by atoms with van der Waals surface area (Å²) in [7, 11) is 3.42. The van der Waals surface area contributed by atoms with Crippen molar-refractivity contribution in [2.45, 2.75) is 0 Å². The molecule has 0 saturated heterocycles. The van der Waals surface area contributed by atoms with Crippen molar-refractivity contribution in [2.75, 3.05) is 19.1 Å². The average molecular weight is 259 g/mol. The van der Waals surface area contributed by atoms with Crippen LogP contribution in [0.1, 0.15) is 10.5 Å². The van der Waals surface area contributed by atoms with E-state index in [1.54, 1.807) is 12.0 Å². The standard InChI is InChI=1S/C13H13N3O3/c1-16(9-4-3-5-10(6-9)19-2)12-8-14-11(7-15-12)13(17)18/h3-8H,1-2H3,(H,17,18). The largest absolute Gasteiger partial charge is 0.497 e. The molecule has 0 radical (unpaired) electrons. The highest BCUT2D eigenvalue weighted by Crippen LogP contribution is 2.24. The third kappa shape index (κ3) is 2.79. The van der Waals surface area contributed by atoms with Gasteiger partial charge in [0.2, 0.25) is 0 Å². The molecule has 6 heteroatoms. The Morgan fingerprint density at radius 3 is 2.68 bits per heavy atom. The molecule has 0 aliphatic carbocycles. The van der Waals surface area contributed by atoms with E-state index in [2.05, 4.69) is 9.97 Å². The molecule has 0 fully saturated rings. The molecular weight excluding hydrogens is 246 g/mol. The van der Waals surface area contributed by atoms with E-state index in [0.29, 0.717) is 5.82 Å². The lowest BCUT2D eigenvalue weighted by Crippen LogP contribution is -2.12. The zero-order valence-corrected chi connectivity index (χ0v) is 10.6. The van der Waals surface area contributed by atoms with E-state index in [4.69, 9.17) is 9.84 Å². The predicted octanol–water partition coefficient (Wildman–Crippen LogP) is 1.95. The van der Waals surface area contributed by atoms with Crippen LogP contribution in [0.25, 0.3) is 0 Å². The number of aromatic carboxylic acids is 1. The lowest BCUT2D eigenvalue weighted by molar-refractivity contribution is 0.0690. The molecule has 1 aromatic heterocycles. The second kappa shape index (κ2) is 5.34. The summed E-state index contributed by atoms with van der Waals surface area (Å²) < 4.78 is 5.15. The van der Waals surface area contributed by atoms with Crippen molar-refractivity contribution in [1.29, 1.82) is 0 Å². The van der Waals surface area contributed by atoms with E-state index in [0.717, 1.165) is 11.4 Å². The van der Waals surface area contributed by atoms with E-state index in [-0.39, 0.29) is 5.69 Å². The molecule has 1 heterocycles. The first kappa shape index (κ1) is 12.8. The van der Waals surface area contributed by atoms with E-state index >= 15 is 0 Å². The SMILES string of the molecule is COc1cccc(N(C)c2cnc(C(=O)O)cn2)c1. The van der Waals surface area contributed by atoms with Crippen LogP contribution in [0.3, 0.4) is 0 Å². The highest BCUT2D eigenvalue weighted by Gasteiger charge is 2.09. The number of benzene rings is 1. The second-order valence-electron chi connectivity index (χ2n) is 3.83. The fourth-order valence-corrected chi connectivity index (χ4v) is 1.56. The van der Waals surface area contributed by atoms with E-state index in [1.165, 1.54) is 12.4 Å². The van der Waals surface area contributed by atoms with Crippen LogP contribution in [0.15, 0.2) is 36.7 Å². The molecule has 6 nitrogen and oxygen atoms in total. The van der Waals surface area contributed by atoms with Crippen LogP contribution in [0, 0.1) is 0 Å². The molecule has 1 aromatic carbocycles. The number of methoxy groups -OCH3 is 1. The third-order valence-electron chi connectivity index (χ3n) is 2.64. The van der Waals surface area contributed by atoms with Gasteiger partial charge >= 0.3 is 5.97 Å². The maximum atomic E-state index is 10.7. The van der Waals surface area contributed by atoms with E-state index in [1.807, 2.05) is 31.3 Å². The first-order chi connectivity index (χ1) is 9.11. The molecule has 2 aromatic rings. The molecular formula is C13H13N3O3. The number of carbonyl (C=O) groups is 1. The Labute approximate surface area is 110 Å². The molecule has 0 amide bonds. The first-order valence-corrected chi connectivity index (χ1v) is 5.55. The Kier molecular flexibility index (Phi) is 3.61. The summed E-state index contributed by atoms with van der Waals surface area (Å²) in [6.45, 7) is 0. The van der Waals surface area contributed by atoms with Crippen molar-refractivity contribution in [3.8, 4) is 5.75 Å².